The Balaban J connectivity index is 0.00000196. The van der Waals surface area contributed by atoms with Gasteiger partial charge in [-0.3, -0.25) is 0 Å². The number of ether oxygens (including phenoxy) is 1. The molecule has 1 aromatic carbocycles. The molecule has 0 radical (unpaired) electrons. The Kier molecular flexibility index (Phi) is 5.12. The summed E-state index contributed by atoms with van der Waals surface area (Å²) in [5, 5.41) is 0. The lowest BCUT2D eigenvalue weighted by Crippen LogP contribution is -2.26. The second-order valence-corrected chi connectivity index (χ2v) is 4.62. The van der Waals surface area contributed by atoms with E-state index < -0.39 is 0 Å². The number of rotatable bonds is 2. The van der Waals surface area contributed by atoms with Crippen LogP contribution in [-0.2, 0) is 0 Å². The smallest absolute Gasteiger partial charge is 0.118 e. The molecule has 0 aromatic heterocycles. The molecule has 0 fully saturated rings. The van der Waals surface area contributed by atoms with E-state index in [-0.39, 0.29) is 23.9 Å². The first-order chi connectivity index (χ1) is 6.45. The van der Waals surface area contributed by atoms with Gasteiger partial charge in [0, 0.05) is 6.04 Å². The van der Waals surface area contributed by atoms with Crippen LogP contribution in [0, 0.1) is 5.41 Å². The van der Waals surface area contributed by atoms with Gasteiger partial charge in [-0.1, -0.05) is 32.9 Å². The van der Waals surface area contributed by atoms with Crippen LogP contribution in [0.15, 0.2) is 24.3 Å². The average Bonchev–Trinajstić information content (AvgIpc) is 2.15. The summed E-state index contributed by atoms with van der Waals surface area (Å²) in [4.78, 5) is 0. The van der Waals surface area contributed by atoms with Crippen molar-refractivity contribution in [3.8, 4) is 5.75 Å². The first-order valence-electron chi connectivity index (χ1n) is 4.84. The van der Waals surface area contributed by atoms with Crippen molar-refractivity contribution in [1.82, 2.24) is 0 Å². The summed E-state index contributed by atoms with van der Waals surface area (Å²) in [5.41, 5.74) is 7.37. The second-order valence-electron chi connectivity index (χ2n) is 4.62. The third-order valence-electron chi connectivity index (χ3n) is 2.41. The summed E-state index contributed by atoms with van der Waals surface area (Å²) in [5.74, 6) is 0.870. The zero-order chi connectivity index (χ0) is 10.8. The van der Waals surface area contributed by atoms with E-state index >= 15 is 0 Å². The summed E-state index contributed by atoms with van der Waals surface area (Å²) in [6.45, 7) is 6.42. The van der Waals surface area contributed by atoms with Gasteiger partial charge in [0.25, 0.3) is 0 Å². The van der Waals surface area contributed by atoms with Gasteiger partial charge in [0.2, 0.25) is 0 Å². The molecule has 0 saturated carbocycles. The van der Waals surface area contributed by atoms with E-state index in [9.17, 15) is 0 Å². The highest BCUT2D eigenvalue weighted by Gasteiger charge is 2.21. The lowest BCUT2D eigenvalue weighted by molar-refractivity contribution is 0.326. The summed E-state index contributed by atoms with van der Waals surface area (Å²) in [6.07, 6.45) is 0. The van der Waals surface area contributed by atoms with E-state index in [1.54, 1.807) is 7.11 Å². The Morgan fingerprint density at radius 2 is 1.60 bits per heavy atom. The van der Waals surface area contributed by atoms with Crippen LogP contribution < -0.4 is 10.5 Å². The van der Waals surface area contributed by atoms with Crippen LogP contribution in [0.4, 0.5) is 0 Å². The molecule has 2 nitrogen and oxygen atoms in total. The van der Waals surface area contributed by atoms with Crippen molar-refractivity contribution in [2.75, 3.05) is 7.11 Å². The van der Waals surface area contributed by atoms with E-state index in [0.29, 0.717) is 0 Å². The zero-order valence-corrected chi connectivity index (χ0v) is 10.6. The van der Waals surface area contributed by atoms with Gasteiger partial charge < -0.3 is 10.5 Å². The first kappa shape index (κ1) is 14.3. The maximum atomic E-state index is 6.12. The topological polar surface area (TPSA) is 35.2 Å². The zero-order valence-electron chi connectivity index (χ0n) is 9.78. The predicted molar refractivity (Wildman–Crippen MR) is 66.6 cm³/mol. The summed E-state index contributed by atoms with van der Waals surface area (Å²) in [6, 6.07) is 8.00. The van der Waals surface area contributed by atoms with Gasteiger partial charge in [-0.05, 0) is 23.1 Å². The molecule has 0 unspecified atom stereocenters. The normalized spacial score (nSPS) is 12.9. The highest BCUT2D eigenvalue weighted by atomic mass is 35.5. The fraction of sp³-hybridized carbons (Fsp3) is 0.500. The van der Waals surface area contributed by atoms with Crippen LogP contribution in [0.2, 0.25) is 0 Å². The lowest BCUT2D eigenvalue weighted by atomic mass is 9.83. The van der Waals surface area contributed by atoms with Gasteiger partial charge >= 0.3 is 0 Å². The Labute approximate surface area is 98.2 Å². The molecule has 2 N–H and O–H groups in total. The molecule has 3 heteroatoms. The lowest BCUT2D eigenvalue weighted by Gasteiger charge is -2.27. The Morgan fingerprint density at radius 1 is 1.13 bits per heavy atom. The van der Waals surface area contributed by atoms with Crippen molar-refractivity contribution in [1.29, 1.82) is 0 Å². The van der Waals surface area contributed by atoms with Crippen molar-refractivity contribution in [3.63, 3.8) is 0 Å². The molecule has 0 spiro atoms. The van der Waals surface area contributed by atoms with Crippen molar-refractivity contribution >= 4 is 12.4 Å². The van der Waals surface area contributed by atoms with Gasteiger partial charge in [-0.2, -0.15) is 0 Å². The molecule has 0 aliphatic rings. The molecule has 1 aromatic rings. The van der Waals surface area contributed by atoms with E-state index in [1.807, 2.05) is 24.3 Å². The molecule has 1 atom stereocenters. The molecule has 15 heavy (non-hydrogen) atoms. The Bertz CT molecular complexity index is 289. The van der Waals surface area contributed by atoms with Crippen LogP contribution in [0.25, 0.3) is 0 Å². The number of methoxy groups -OCH3 is 1. The Morgan fingerprint density at radius 3 is 1.93 bits per heavy atom. The molecule has 86 valence electrons. The molecule has 0 saturated heterocycles. The largest absolute Gasteiger partial charge is 0.497 e. The SMILES string of the molecule is COc1ccc([C@@H](N)C(C)(C)C)cc1.Cl. The van der Waals surface area contributed by atoms with E-state index in [0.717, 1.165) is 11.3 Å². The highest BCUT2D eigenvalue weighted by molar-refractivity contribution is 5.85. The molecular formula is C12H20ClNO. The van der Waals surface area contributed by atoms with Gasteiger partial charge in [0.15, 0.2) is 0 Å². The molecule has 0 aliphatic heterocycles. The fourth-order valence-corrected chi connectivity index (χ4v) is 1.31. The number of hydrogen-bond donors (Lipinski definition) is 1. The standard InChI is InChI=1S/C12H19NO.ClH/c1-12(2,3)11(13)9-5-7-10(14-4)8-6-9;/h5-8,11H,13H2,1-4H3;1H/t11-;/m1./s1. The van der Waals surface area contributed by atoms with Gasteiger partial charge in [-0.25, -0.2) is 0 Å². The minimum Gasteiger partial charge on any atom is -0.497 e. The molecular weight excluding hydrogens is 210 g/mol. The molecule has 0 amide bonds. The summed E-state index contributed by atoms with van der Waals surface area (Å²) in [7, 11) is 1.67. The van der Waals surface area contributed by atoms with Gasteiger partial charge in [0.05, 0.1) is 7.11 Å². The first-order valence-corrected chi connectivity index (χ1v) is 4.84. The average molecular weight is 230 g/mol. The van der Waals surface area contributed by atoms with Gasteiger partial charge in [-0.15, -0.1) is 12.4 Å². The van der Waals surface area contributed by atoms with Crippen LogP contribution in [0.5, 0.6) is 5.75 Å². The highest BCUT2D eigenvalue weighted by Crippen LogP contribution is 2.30. The minimum atomic E-state index is 0. The maximum absolute atomic E-state index is 6.12. The number of nitrogens with two attached hydrogens (primary N) is 1. The van der Waals surface area contributed by atoms with Crippen molar-refractivity contribution in [2.24, 2.45) is 11.1 Å². The van der Waals surface area contributed by atoms with Crippen LogP contribution in [-0.4, -0.2) is 7.11 Å². The fourth-order valence-electron chi connectivity index (χ4n) is 1.31. The van der Waals surface area contributed by atoms with Crippen LogP contribution in [0.3, 0.4) is 0 Å². The summed E-state index contributed by atoms with van der Waals surface area (Å²) < 4.78 is 5.09. The number of hydrogen-bond acceptors (Lipinski definition) is 2. The third-order valence-corrected chi connectivity index (χ3v) is 2.41. The maximum Gasteiger partial charge on any atom is 0.118 e. The van der Waals surface area contributed by atoms with Crippen molar-refractivity contribution in [2.45, 2.75) is 26.8 Å². The molecule has 0 heterocycles. The van der Waals surface area contributed by atoms with Crippen LogP contribution in [0.1, 0.15) is 32.4 Å². The van der Waals surface area contributed by atoms with E-state index in [2.05, 4.69) is 20.8 Å². The minimum absolute atomic E-state index is 0. The van der Waals surface area contributed by atoms with Crippen molar-refractivity contribution in [3.05, 3.63) is 29.8 Å². The molecule has 0 bridgehead atoms. The van der Waals surface area contributed by atoms with Gasteiger partial charge in [0.1, 0.15) is 5.75 Å². The van der Waals surface area contributed by atoms with E-state index in [1.165, 1.54) is 0 Å². The summed E-state index contributed by atoms with van der Waals surface area (Å²) >= 11 is 0. The monoisotopic (exact) mass is 229 g/mol. The van der Waals surface area contributed by atoms with Crippen LogP contribution >= 0.6 is 12.4 Å². The molecule has 0 aliphatic carbocycles. The quantitative estimate of drug-likeness (QED) is 0.846. The van der Waals surface area contributed by atoms with E-state index in [4.69, 9.17) is 10.5 Å². The second kappa shape index (κ2) is 5.38. The Hall–Kier alpha value is -0.730. The molecule has 1 rings (SSSR count). The predicted octanol–water partition coefficient (Wildman–Crippen LogP) is 3.16. The number of halogens is 1. The van der Waals surface area contributed by atoms with Crippen molar-refractivity contribution < 1.29 is 4.74 Å². The number of benzene rings is 1. The third kappa shape index (κ3) is 3.73.